The number of aromatic amines is 1. The molecule has 2 aromatic heterocycles. The molecule has 11 heteroatoms. The van der Waals surface area contributed by atoms with Crippen LogP contribution >= 0.6 is 0 Å². The molecule has 0 amide bonds. The molecule has 166 valence electrons. The molecule has 7 N–H and O–H groups in total. The minimum atomic E-state index is -1.11. The fourth-order valence-electron chi connectivity index (χ4n) is 3.15. The molecule has 0 saturated heterocycles. The van der Waals surface area contributed by atoms with Crippen LogP contribution in [0.5, 0.6) is 0 Å². The summed E-state index contributed by atoms with van der Waals surface area (Å²) in [7, 11) is 0. The van der Waals surface area contributed by atoms with Crippen LogP contribution in [-0.4, -0.2) is 61.6 Å². The number of nitrogen functional groups attached to an aromatic ring is 1. The van der Waals surface area contributed by atoms with E-state index >= 15 is 0 Å². The van der Waals surface area contributed by atoms with E-state index in [0.717, 1.165) is 5.56 Å². The van der Waals surface area contributed by atoms with Gasteiger partial charge in [0, 0.05) is 6.54 Å². The fourth-order valence-corrected chi connectivity index (χ4v) is 3.15. The normalized spacial score (nSPS) is 12.7. The van der Waals surface area contributed by atoms with Gasteiger partial charge in [-0.3, -0.25) is 14.6 Å². The third-order valence-corrected chi connectivity index (χ3v) is 5.17. The number of aryl methyl sites for hydroxylation is 1. The lowest BCUT2D eigenvalue weighted by Crippen LogP contribution is -2.41. The number of nitrogens with two attached hydrogens (primary N) is 2. The average Bonchev–Trinajstić information content (AvgIpc) is 3.18. The monoisotopic (exact) mass is 430 g/mol. The first-order valence-corrected chi connectivity index (χ1v) is 9.76. The minimum Gasteiger partial charge on any atom is -0.464 e. The number of aliphatic hydroxyl groups excluding tert-OH is 2. The summed E-state index contributed by atoms with van der Waals surface area (Å²) in [6.07, 6.45) is 1.96. The Morgan fingerprint density at radius 2 is 1.97 bits per heavy atom. The predicted octanol–water partition coefficient (Wildman–Crippen LogP) is -0.824. The Morgan fingerprint density at radius 3 is 2.65 bits per heavy atom. The number of nitrogens with zero attached hydrogens (tertiary/aromatic N) is 3. The molecule has 11 nitrogen and oxygen atoms in total. The molecule has 0 unspecified atom stereocenters. The van der Waals surface area contributed by atoms with Gasteiger partial charge < -0.3 is 31.0 Å². The maximum absolute atomic E-state index is 12.3. The number of fused-ring (bicyclic) bond motifs is 1. The molecule has 0 aliphatic carbocycles. The fraction of sp³-hybridized carbons (Fsp3) is 0.400. The highest BCUT2D eigenvalue weighted by molar-refractivity contribution is 5.76. The smallest absolute Gasteiger partial charge is 0.323 e. The summed E-state index contributed by atoms with van der Waals surface area (Å²) in [6.45, 7) is -0.813. The Bertz CT molecular complexity index is 1080. The Balaban J connectivity index is 1.64. The number of anilines is 1. The number of carbonyl (C=O) groups excluding carboxylic acids is 1. The first kappa shape index (κ1) is 22.4. The summed E-state index contributed by atoms with van der Waals surface area (Å²) in [5, 5.41) is 19.8. The van der Waals surface area contributed by atoms with Crippen molar-refractivity contribution in [3.8, 4) is 0 Å². The van der Waals surface area contributed by atoms with Crippen LogP contribution in [0.4, 0.5) is 5.95 Å². The van der Waals surface area contributed by atoms with E-state index in [1.807, 2.05) is 30.3 Å². The van der Waals surface area contributed by atoms with Gasteiger partial charge in [0.05, 0.1) is 25.0 Å². The molecule has 0 aliphatic heterocycles. The van der Waals surface area contributed by atoms with Crippen LogP contribution in [0.3, 0.4) is 0 Å². The zero-order valence-electron chi connectivity index (χ0n) is 16.9. The van der Waals surface area contributed by atoms with Crippen LogP contribution in [0.2, 0.25) is 0 Å². The average molecular weight is 430 g/mol. The number of hydrogen-bond donors (Lipinski definition) is 5. The van der Waals surface area contributed by atoms with Gasteiger partial charge in [0.1, 0.15) is 12.6 Å². The highest BCUT2D eigenvalue weighted by Crippen LogP contribution is 2.24. The first-order valence-electron chi connectivity index (χ1n) is 9.76. The molecule has 31 heavy (non-hydrogen) atoms. The number of hydrogen-bond acceptors (Lipinski definition) is 9. The number of aliphatic hydroxyl groups is 2. The molecule has 3 aromatic rings. The Kier molecular flexibility index (Phi) is 7.00. The number of H-pyrrole nitrogens is 1. The van der Waals surface area contributed by atoms with E-state index in [0.29, 0.717) is 6.42 Å². The zero-order valence-corrected chi connectivity index (χ0v) is 16.9. The van der Waals surface area contributed by atoms with Crippen LogP contribution in [0.25, 0.3) is 11.2 Å². The summed E-state index contributed by atoms with van der Waals surface area (Å²) in [4.78, 5) is 34.7. The summed E-state index contributed by atoms with van der Waals surface area (Å²) < 4.78 is 6.91. The van der Waals surface area contributed by atoms with Crippen molar-refractivity contribution in [2.45, 2.75) is 25.4 Å². The molecule has 2 heterocycles. The van der Waals surface area contributed by atoms with Gasteiger partial charge in [0.15, 0.2) is 11.2 Å². The van der Waals surface area contributed by atoms with E-state index in [1.54, 1.807) is 4.57 Å². The van der Waals surface area contributed by atoms with Crippen LogP contribution in [0.15, 0.2) is 41.5 Å². The maximum atomic E-state index is 12.3. The van der Waals surface area contributed by atoms with Gasteiger partial charge in [0.25, 0.3) is 5.56 Å². The van der Waals surface area contributed by atoms with Crippen LogP contribution < -0.4 is 17.0 Å². The topological polar surface area (TPSA) is 182 Å². The van der Waals surface area contributed by atoms with Crippen molar-refractivity contribution in [1.29, 1.82) is 0 Å². The Hall–Kier alpha value is -3.28. The lowest BCUT2D eigenvalue weighted by Gasteiger charge is -2.29. The van der Waals surface area contributed by atoms with Crippen LogP contribution in [0, 0.1) is 5.41 Å². The summed E-state index contributed by atoms with van der Waals surface area (Å²) >= 11 is 0. The summed E-state index contributed by atoms with van der Waals surface area (Å²) in [5.41, 5.74) is 11.3. The molecule has 0 fully saturated rings. The van der Waals surface area contributed by atoms with E-state index in [4.69, 9.17) is 16.2 Å². The number of esters is 1. The standard InChI is InChI=1S/C20H26N6O5/c21-14(8-13-4-2-1-3-5-13)18(30)31-11-20(9-27,10-28)6-7-26-12-23-15-16(26)24-19(22)25-17(15)29/h1-5,12,14,27-28H,6-11,21H2,(H3,22,24,25,29)/t14-/m0/s1. The molecule has 0 radical (unpaired) electrons. The van der Waals surface area contributed by atoms with Crippen molar-refractivity contribution in [2.24, 2.45) is 11.1 Å². The minimum absolute atomic E-state index is 0.0452. The van der Waals surface area contributed by atoms with E-state index in [9.17, 15) is 19.8 Å². The molecular weight excluding hydrogens is 404 g/mol. The zero-order chi connectivity index (χ0) is 22.4. The van der Waals surface area contributed by atoms with Gasteiger partial charge in [-0.05, 0) is 18.4 Å². The van der Waals surface area contributed by atoms with Crippen molar-refractivity contribution in [3.05, 3.63) is 52.6 Å². The summed E-state index contributed by atoms with van der Waals surface area (Å²) in [5.74, 6) is -0.666. The second-order valence-corrected chi connectivity index (χ2v) is 7.53. The second-order valence-electron chi connectivity index (χ2n) is 7.53. The number of ether oxygens (including phenoxy) is 1. The number of rotatable bonds is 10. The molecular formula is C20H26N6O5. The molecule has 0 aliphatic rings. The first-order chi connectivity index (χ1) is 14.9. The SMILES string of the molecule is Nc1nc2c(ncn2CCC(CO)(CO)COC(=O)[C@@H](N)Cc2ccccc2)c(=O)[nH]1. The lowest BCUT2D eigenvalue weighted by molar-refractivity contribution is -0.151. The second kappa shape index (κ2) is 9.69. The molecule has 0 saturated carbocycles. The number of imidazole rings is 1. The Labute approximate surface area is 177 Å². The molecule has 1 aromatic carbocycles. The van der Waals surface area contributed by atoms with Gasteiger partial charge in [-0.15, -0.1) is 0 Å². The number of carbonyl (C=O) groups is 1. The van der Waals surface area contributed by atoms with Crippen LogP contribution in [0.1, 0.15) is 12.0 Å². The number of nitrogens with one attached hydrogen (secondary N) is 1. The van der Waals surface area contributed by atoms with Crippen molar-refractivity contribution < 1.29 is 19.7 Å². The third kappa shape index (κ3) is 5.26. The number of aromatic nitrogens is 4. The van der Waals surface area contributed by atoms with E-state index in [-0.39, 0.29) is 36.7 Å². The highest BCUT2D eigenvalue weighted by atomic mass is 16.5. The lowest BCUT2D eigenvalue weighted by atomic mass is 9.87. The van der Waals surface area contributed by atoms with E-state index in [1.165, 1.54) is 6.33 Å². The van der Waals surface area contributed by atoms with Crippen molar-refractivity contribution in [3.63, 3.8) is 0 Å². The van der Waals surface area contributed by atoms with E-state index in [2.05, 4.69) is 15.0 Å². The van der Waals surface area contributed by atoms with Gasteiger partial charge >= 0.3 is 5.97 Å². The van der Waals surface area contributed by atoms with Crippen LogP contribution in [-0.2, 0) is 22.5 Å². The molecule has 1 atom stereocenters. The molecule has 3 rings (SSSR count). The largest absolute Gasteiger partial charge is 0.464 e. The number of benzene rings is 1. The van der Waals surface area contributed by atoms with Gasteiger partial charge in [-0.1, -0.05) is 30.3 Å². The third-order valence-electron chi connectivity index (χ3n) is 5.17. The highest BCUT2D eigenvalue weighted by Gasteiger charge is 2.32. The van der Waals surface area contributed by atoms with Crippen molar-refractivity contribution in [1.82, 2.24) is 19.5 Å². The summed E-state index contributed by atoms with van der Waals surface area (Å²) in [6, 6.07) is 8.43. The quantitative estimate of drug-likeness (QED) is 0.256. The van der Waals surface area contributed by atoms with Crippen molar-refractivity contribution in [2.75, 3.05) is 25.6 Å². The molecule has 0 spiro atoms. The van der Waals surface area contributed by atoms with Gasteiger partial charge in [0.2, 0.25) is 5.95 Å². The maximum Gasteiger partial charge on any atom is 0.323 e. The van der Waals surface area contributed by atoms with Gasteiger partial charge in [-0.2, -0.15) is 4.98 Å². The molecule has 0 bridgehead atoms. The van der Waals surface area contributed by atoms with Crippen molar-refractivity contribution >= 4 is 23.1 Å². The predicted molar refractivity (Wildman–Crippen MR) is 113 cm³/mol. The van der Waals surface area contributed by atoms with E-state index < -0.39 is 36.2 Å². The van der Waals surface area contributed by atoms with Gasteiger partial charge in [-0.25, -0.2) is 4.98 Å². The Morgan fingerprint density at radius 1 is 1.26 bits per heavy atom.